The number of pyridine rings is 1. The molecule has 0 unspecified atom stereocenters. The summed E-state index contributed by atoms with van der Waals surface area (Å²) < 4.78 is 5.58. The van der Waals surface area contributed by atoms with E-state index in [0.717, 1.165) is 13.1 Å². The number of amides is 1. The van der Waals surface area contributed by atoms with Crippen LogP contribution in [0.4, 0.5) is 0 Å². The van der Waals surface area contributed by atoms with E-state index >= 15 is 0 Å². The van der Waals surface area contributed by atoms with Gasteiger partial charge in [-0.1, -0.05) is 29.3 Å². The Balaban J connectivity index is 0.00000156. The monoisotopic (exact) mass is 423 g/mol. The van der Waals surface area contributed by atoms with Crippen molar-refractivity contribution in [3.63, 3.8) is 0 Å². The molecule has 0 saturated carbocycles. The Morgan fingerprint density at radius 1 is 1.24 bits per heavy atom. The predicted molar refractivity (Wildman–Crippen MR) is 104 cm³/mol. The maximum Gasteiger partial charge on any atom is 0.252 e. The number of nitrogens with one attached hydrogen (secondary N) is 2. The molecule has 1 aliphatic rings. The van der Waals surface area contributed by atoms with Gasteiger partial charge in [0.25, 0.3) is 5.91 Å². The van der Waals surface area contributed by atoms with Gasteiger partial charge in [-0.2, -0.15) is 0 Å². The first kappa shape index (κ1) is 21.8. The fourth-order valence-corrected chi connectivity index (χ4v) is 2.41. The SMILES string of the molecule is Cl.Cl.O=C(NCC1CNC1)c1ccc(Oc2cccc(Cl)c2Cl)nc1. The van der Waals surface area contributed by atoms with Gasteiger partial charge in [0.1, 0.15) is 10.8 Å². The van der Waals surface area contributed by atoms with E-state index in [1.807, 2.05) is 0 Å². The van der Waals surface area contributed by atoms with E-state index in [2.05, 4.69) is 15.6 Å². The fourth-order valence-electron chi connectivity index (χ4n) is 2.08. The molecule has 1 aliphatic heterocycles. The van der Waals surface area contributed by atoms with Crippen molar-refractivity contribution in [3.8, 4) is 11.6 Å². The van der Waals surface area contributed by atoms with Gasteiger partial charge in [-0.25, -0.2) is 4.98 Å². The van der Waals surface area contributed by atoms with Crippen LogP contribution in [0.2, 0.25) is 10.0 Å². The van der Waals surface area contributed by atoms with Gasteiger partial charge in [0.05, 0.1) is 10.6 Å². The van der Waals surface area contributed by atoms with E-state index in [0.29, 0.717) is 39.7 Å². The highest BCUT2D eigenvalue weighted by molar-refractivity contribution is 6.42. The lowest BCUT2D eigenvalue weighted by Crippen LogP contribution is -2.48. The zero-order valence-corrected chi connectivity index (χ0v) is 16.1. The number of nitrogens with zero attached hydrogens (tertiary/aromatic N) is 1. The number of carbonyl (C=O) groups excluding carboxylic acids is 1. The Hall–Kier alpha value is -1.24. The minimum atomic E-state index is -0.142. The number of benzene rings is 1. The van der Waals surface area contributed by atoms with Gasteiger partial charge in [-0.3, -0.25) is 4.79 Å². The molecule has 0 radical (unpaired) electrons. The van der Waals surface area contributed by atoms with Gasteiger partial charge in [0, 0.05) is 37.8 Å². The second-order valence-electron chi connectivity index (χ2n) is 5.27. The second kappa shape index (κ2) is 10.0. The zero-order chi connectivity index (χ0) is 16.2. The van der Waals surface area contributed by atoms with E-state index in [-0.39, 0.29) is 30.7 Å². The molecule has 136 valence electrons. The van der Waals surface area contributed by atoms with Gasteiger partial charge in [-0.05, 0) is 18.2 Å². The first-order valence-electron chi connectivity index (χ1n) is 7.20. The standard InChI is InChI=1S/C16H15Cl2N3O2.2ClH/c17-12-2-1-3-13(15(12)18)23-14-5-4-11(9-20-14)16(22)21-8-10-6-19-7-10;;/h1-5,9-10,19H,6-8H2,(H,21,22);2*1H. The highest BCUT2D eigenvalue weighted by Gasteiger charge is 2.17. The van der Waals surface area contributed by atoms with Crippen LogP contribution in [0, 0.1) is 5.92 Å². The molecule has 25 heavy (non-hydrogen) atoms. The van der Waals surface area contributed by atoms with Crippen LogP contribution in [-0.4, -0.2) is 30.5 Å². The molecule has 5 nitrogen and oxygen atoms in total. The molecule has 3 rings (SSSR count). The number of rotatable bonds is 5. The summed E-state index contributed by atoms with van der Waals surface area (Å²) in [5.41, 5.74) is 0.488. The van der Waals surface area contributed by atoms with Crippen LogP contribution in [0.5, 0.6) is 11.6 Å². The van der Waals surface area contributed by atoms with Crippen LogP contribution in [0.1, 0.15) is 10.4 Å². The quantitative estimate of drug-likeness (QED) is 0.761. The lowest BCUT2D eigenvalue weighted by Gasteiger charge is -2.27. The van der Waals surface area contributed by atoms with Crippen molar-refractivity contribution in [1.82, 2.24) is 15.6 Å². The largest absolute Gasteiger partial charge is 0.437 e. The predicted octanol–water partition coefficient (Wildman–Crippen LogP) is 3.97. The molecule has 1 aromatic carbocycles. The fraction of sp³-hybridized carbons (Fsp3) is 0.250. The highest BCUT2D eigenvalue weighted by atomic mass is 35.5. The van der Waals surface area contributed by atoms with Crippen LogP contribution in [-0.2, 0) is 0 Å². The number of carbonyl (C=O) groups is 1. The maximum atomic E-state index is 12.0. The summed E-state index contributed by atoms with van der Waals surface area (Å²) in [6, 6.07) is 8.39. The normalized spacial score (nSPS) is 13.0. The van der Waals surface area contributed by atoms with E-state index in [1.165, 1.54) is 6.20 Å². The van der Waals surface area contributed by atoms with Gasteiger partial charge in [0.2, 0.25) is 5.88 Å². The van der Waals surface area contributed by atoms with Crippen molar-refractivity contribution in [2.24, 2.45) is 5.92 Å². The first-order valence-corrected chi connectivity index (χ1v) is 7.96. The Morgan fingerprint density at radius 3 is 2.60 bits per heavy atom. The van der Waals surface area contributed by atoms with Gasteiger partial charge in [-0.15, -0.1) is 24.8 Å². The molecule has 1 fully saturated rings. The third-order valence-corrected chi connectivity index (χ3v) is 4.35. The van der Waals surface area contributed by atoms with E-state index in [9.17, 15) is 4.79 Å². The summed E-state index contributed by atoms with van der Waals surface area (Å²) in [5, 5.41) is 6.79. The van der Waals surface area contributed by atoms with Gasteiger partial charge in [0.15, 0.2) is 0 Å². The Kier molecular flexibility index (Phi) is 8.76. The average Bonchev–Trinajstić information content (AvgIpc) is 2.51. The first-order chi connectivity index (χ1) is 11.1. The average molecular weight is 425 g/mol. The van der Waals surface area contributed by atoms with Crippen LogP contribution in [0.15, 0.2) is 36.5 Å². The Morgan fingerprint density at radius 2 is 2.00 bits per heavy atom. The summed E-state index contributed by atoms with van der Waals surface area (Å²) >= 11 is 12.0. The number of aromatic nitrogens is 1. The number of halogens is 4. The van der Waals surface area contributed by atoms with Crippen LogP contribution in [0.3, 0.4) is 0 Å². The summed E-state index contributed by atoms with van der Waals surface area (Å²) in [5.74, 6) is 1.13. The summed E-state index contributed by atoms with van der Waals surface area (Å²) in [7, 11) is 0. The maximum absolute atomic E-state index is 12.0. The molecule has 0 atom stereocenters. The topological polar surface area (TPSA) is 63.2 Å². The van der Waals surface area contributed by atoms with Crippen molar-refractivity contribution in [2.45, 2.75) is 0 Å². The molecule has 2 heterocycles. The van der Waals surface area contributed by atoms with Crippen molar-refractivity contribution in [1.29, 1.82) is 0 Å². The van der Waals surface area contributed by atoms with Crippen molar-refractivity contribution >= 4 is 53.9 Å². The van der Waals surface area contributed by atoms with Gasteiger partial charge >= 0.3 is 0 Å². The van der Waals surface area contributed by atoms with E-state index in [1.54, 1.807) is 30.3 Å². The van der Waals surface area contributed by atoms with Crippen molar-refractivity contribution < 1.29 is 9.53 Å². The van der Waals surface area contributed by atoms with Crippen molar-refractivity contribution in [2.75, 3.05) is 19.6 Å². The molecule has 9 heteroatoms. The summed E-state index contributed by atoms with van der Waals surface area (Å²) in [4.78, 5) is 16.1. The molecule has 1 amide bonds. The molecule has 2 aromatic rings. The van der Waals surface area contributed by atoms with E-state index in [4.69, 9.17) is 27.9 Å². The number of ether oxygens (including phenoxy) is 1. The van der Waals surface area contributed by atoms with Crippen LogP contribution >= 0.6 is 48.0 Å². The Labute approximate surface area is 168 Å². The minimum Gasteiger partial charge on any atom is -0.437 e. The summed E-state index contributed by atoms with van der Waals surface area (Å²) in [6.45, 7) is 2.57. The molecule has 0 spiro atoms. The lowest BCUT2D eigenvalue weighted by molar-refractivity contribution is 0.0942. The lowest BCUT2D eigenvalue weighted by atomic mass is 10.0. The third-order valence-electron chi connectivity index (χ3n) is 3.55. The molecule has 1 saturated heterocycles. The molecule has 0 bridgehead atoms. The molecule has 0 aliphatic carbocycles. The highest BCUT2D eigenvalue weighted by Crippen LogP contribution is 2.33. The molecular formula is C16H17Cl4N3O2. The third kappa shape index (κ3) is 5.62. The second-order valence-corrected chi connectivity index (χ2v) is 6.06. The molecule has 1 aromatic heterocycles. The summed E-state index contributed by atoms with van der Waals surface area (Å²) in [6.07, 6.45) is 1.47. The van der Waals surface area contributed by atoms with E-state index < -0.39 is 0 Å². The number of hydrogen-bond acceptors (Lipinski definition) is 4. The van der Waals surface area contributed by atoms with Crippen LogP contribution in [0.25, 0.3) is 0 Å². The molecular weight excluding hydrogens is 408 g/mol. The number of hydrogen-bond donors (Lipinski definition) is 2. The zero-order valence-electron chi connectivity index (χ0n) is 13.0. The van der Waals surface area contributed by atoms with Gasteiger partial charge < -0.3 is 15.4 Å². The molecule has 2 N–H and O–H groups in total. The van der Waals surface area contributed by atoms with Crippen LogP contribution < -0.4 is 15.4 Å². The Bertz CT molecular complexity index is 709. The smallest absolute Gasteiger partial charge is 0.252 e. The minimum absolute atomic E-state index is 0. The van der Waals surface area contributed by atoms with Crippen molar-refractivity contribution in [3.05, 3.63) is 52.1 Å².